The first-order valence-electron chi connectivity index (χ1n) is 8.06. The van der Waals surface area contributed by atoms with Gasteiger partial charge in [0, 0.05) is 16.8 Å². The van der Waals surface area contributed by atoms with Crippen molar-refractivity contribution in [1.29, 1.82) is 0 Å². The maximum atomic E-state index is 13.0. The number of anilines is 1. The maximum Gasteiger partial charge on any atom is 0.279 e. The molecule has 1 aromatic carbocycles. The van der Waals surface area contributed by atoms with Crippen LogP contribution in [0.1, 0.15) is 37.3 Å². The number of thiazole rings is 1. The molecule has 0 aliphatic heterocycles. The molecule has 2 heterocycles. The van der Waals surface area contributed by atoms with Crippen LogP contribution in [0, 0.1) is 6.92 Å². The number of nitrogens with zero attached hydrogens (tertiary/aromatic N) is 2. The summed E-state index contributed by atoms with van der Waals surface area (Å²) >= 11 is 1.48. The second-order valence-corrected chi connectivity index (χ2v) is 8.83. The first-order chi connectivity index (χ1) is 11.8. The van der Waals surface area contributed by atoms with Gasteiger partial charge in [-0.25, -0.2) is 4.98 Å². The molecule has 6 nitrogen and oxygen atoms in total. The van der Waals surface area contributed by atoms with Crippen molar-refractivity contribution in [2.24, 2.45) is 0 Å². The van der Waals surface area contributed by atoms with Crippen LogP contribution in [0.4, 0.5) is 5.69 Å². The fourth-order valence-corrected chi connectivity index (χ4v) is 4.97. The fraction of sp³-hybridized carbons (Fsp3) is 0.353. The van der Waals surface area contributed by atoms with Crippen molar-refractivity contribution in [2.45, 2.75) is 38.6 Å². The van der Waals surface area contributed by atoms with Gasteiger partial charge in [0.1, 0.15) is 5.75 Å². The number of nitrogens with one attached hydrogen (secondary N) is 1. The highest BCUT2D eigenvalue weighted by Gasteiger charge is 2.27. The van der Waals surface area contributed by atoms with Gasteiger partial charge in [0.05, 0.1) is 12.3 Å². The van der Waals surface area contributed by atoms with Crippen molar-refractivity contribution in [2.75, 3.05) is 11.3 Å². The second-order valence-electron chi connectivity index (χ2n) is 6.01. The maximum absolute atomic E-state index is 13.0. The van der Waals surface area contributed by atoms with E-state index in [9.17, 15) is 8.42 Å². The van der Waals surface area contributed by atoms with Crippen LogP contribution >= 0.6 is 11.3 Å². The second kappa shape index (κ2) is 6.68. The number of benzene rings is 1. The number of sulfonamides is 1. The zero-order valence-corrected chi connectivity index (χ0v) is 16.2. The Balaban J connectivity index is 2.01. The predicted molar refractivity (Wildman–Crippen MR) is 100 cm³/mol. The van der Waals surface area contributed by atoms with Gasteiger partial charge in [-0.1, -0.05) is 13.8 Å². The minimum absolute atomic E-state index is 0.000638. The zero-order chi connectivity index (χ0) is 18.2. The molecule has 0 saturated heterocycles. The normalized spacial score (nSPS) is 12.0. The van der Waals surface area contributed by atoms with Crippen molar-refractivity contribution in [3.8, 4) is 5.75 Å². The lowest BCUT2D eigenvalue weighted by molar-refractivity contribution is 0.340. The van der Waals surface area contributed by atoms with Gasteiger partial charge in [0.25, 0.3) is 10.0 Å². The standard InChI is InChI=1S/C17H21N3O3S2/c1-5-23-14-8-6-13(7-9-14)19-25(21,22)16-15(11(2)3)18-17-20(16)10-12(4)24-17/h6-11,19H,5H2,1-4H3. The topological polar surface area (TPSA) is 72.7 Å². The van der Waals surface area contributed by atoms with Crippen molar-refractivity contribution < 1.29 is 13.2 Å². The number of hydrogen-bond donors (Lipinski definition) is 1. The Hall–Kier alpha value is -2.06. The average Bonchev–Trinajstić information content (AvgIpc) is 3.05. The van der Waals surface area contributed by atoms with E-state index in [1.165, 1.54) is 11.3 Å². The van der Waals surface area contributed by atoms with Crippen LogP contribution in [0.15, 0.2) is 35.5 Å². The molecular weight excluding hydrogens is 358 g/mol. The van der Waals surface area contributed by atoms with Crippen molar-refractivity contribution in [3.63, 3.8) is 0 Å². The summed E-state index contributed by atoms with van der Waals surface area (Å²) in [4.78, 5) is 6.22. The molecule has 8 heteroatoms. The van der Waals surface area contributed by atoms with E-state index < -0.39 is 10.0 Å². The van der Waals surface area contributed by atoms with Crippen LogP contribution in [0.25, 0.3) is 4.96 Å². The molecule has 0 bridgehead atoms. The summed E-state index contributed by atoms with van der Waals surface area (Å²) in [7, 11) is -3.77. The highest BCUT2D eigenvalue weighted by Crippen LogP contribution is 2.30. The molecule has 0 radical (unpaired) electrons. The van der Waals surface area contributed by atoms with E-state index in [-0.39, 0.29) is 10.9 Å². The van der Waals surface area contributed by atoms with Crippen LogP contribution in [0.3, 0.4) is 0 Å². The molecule has 0 aliphatic carbocycles. The zero-order valence-electron chi connectivity index (χ0n) is 14.6. The lowest BCUT2D eigenvalue weighted by atomic mass is 10.2. The molecule has 0 amide bonds. The molecule has 0 aliphatic rings. The Labute approximate surface area is 151 Å². The minimum Gasteiger partial charge on any atom is -0.494 e. The highest BCUT2D eigenvalue weighted by molar-refractivity contribution is 7.92. The van der Waals surface area contributed by atoms with E-state index in [0.717, 1.165) is 4.88 Å². The molecule has 0 spiro atoms. The van der Waals surface area contributed by atoms with Gasteiger partial charge in [-0.2, -0.15) is 8.42 Å². The van der Waals surface area contributed by atoms with Gasteiger partial charge in [-0.3, -0.25) is 9.12 Å². The summed E-state index contributed by atoms with van der Waals surface area (Å²) in [5.74, 6) is 0.702. The Morgan fingerprint density at radius 3 is 2.56 bits per heavy atom. The Bertz CT molecular complexity index is 986. The number of hydrogen-bond acceptors (Lipinski definition) is 5. The highest BCUT2D eigenvalue weighted by atomic mass is 32.2. The largest absolute Gasteiger partial charge is 0.494 e. The summed E-state index contributed by atoms with van der Waals surface area (Å²) in [6, 6.07) is 6.86. The van der Waals surface area contributed by atoms with Crippen LogP contribution in [0.2, 0.25) is 0 Å². The van der Waals surface area contributed by atoms with Gasteiger partial charge in [-0.15, -0.1) is 11.3 Å². The van der Waals surface area contributed by atoms with Crippen molar-refractivity contribution >= 4 is 32.0 Å². The third-order valence-electron chi connectivity index (χ3n) is 3.64. The van der Waals surface area contributed by atoms with Gasteiger partial charge in [0.2, 0.25) is 0 Å². The smallest absolute Gasteiger partial charge is 0.279 e. The third kappa shape index (κ3) is 3.50. The molecule has 3 aromatic rings. The number of fused-ring (bicyclic) bond motifs is 1. The third-order valence-corrected chi connectivity index (χ3v) is 5.96. The Kier molecular flexibility index (Phi) is 4.75. The quantitative estimate of drug-likeness (QED) is 0.702. The van der Waals surface area contributed by atoms with Crippen LogP contribution in [0.5, 0.6) is 5.75 Å². The molecule has 0 unspecified atom stereocenters. The van der Waals surface area contributed by atoms with Crippen molar-refractivity contribution in [3.05, 3.63) is 41.0 Å². The summed E-state index contributed by atoms with van der Waals surface area (Å²) in [6.45, 7) is 8.28. The number of rotatable bonds is 6. The molecule has 0 fully saturated rings. The summed E-state index contributed by atoms with van der Waals surface area (Å²) in [5, 5.41) is 0.204. The summed E-state index contributed by atoms with van der Waals surface area (Å²) in [5.41, 5.74) is 1.06. The molecule has 1 N–H and O–H groups in total. The molecule has 25 heavy (non-hydrogen) atoms. The van der Waals surface area contributed by atoms with E-state index in [0.29, 0.717) is 28.7 Å². The minimum atomic E-state index is -3.77. The van der Waals surface area contributed by atoms with E-state index in [2.05, 4.69) is 9.71 Å². The van der Waals surface area contributed by atoms with Gasteiger partial charge >= 0.3 is 0 Å². The lowest BCUT2D eigenvalue weighted by Gasteiger charge is -2.11. The van der Waals surface area contributed by atoms with Crippen LogP contribution < -0.4 is 9.46 Å². The summed E-state index contributed by atoms with van der Waals surface area (Å²) in [6.07, 6.45) is 1.81. The van der Waals surface area contributed by atoms with Gasteiger partial charge in [-0.05, 0) is 44.0 Å². The van der Waals surface area contributed by atoms with E-state index >= 15 is 0 Å². The SMILES string of the molecule is CCOc1ccc(NS(=O)(=O)c2c(C(C)C)nc3sc(C)cn23)cc1. The van der Waals surface area contributed by atoms with Gasteiger partial charge < -0.3 is 4.74 Å². The molecule has 0 atom stereocenters. The lowest BCUT2D eigenvalue weighted by Crippen LogP contribution is -2.17. The monoisotopic (exact) mass is 379 g/mol. The van der Waals surface area contributed by atoms with E-state index in [1.807, 2.05) is 33.9 Å². The number of imidazole rings is 1. The summed E-state index contributed by atoms with van der Waals surface area (Å²) < 4.78 is 35.7. The first-order valence-corrected chi connectivity index (χ1v) is 10.4. The molecule has 0 saturated carbocycles. The van der Waals surface area contributed by atoms with E-state index in [4.69, 9.17) is 4.74 Å². The fourth-order valence-electron chi connectivity index (χ4n) is 2.59. The average molecular weight is 380 g/mol. The predicted octanol–water partition coefficient (Wildman–Crippen LogP) is 4.03. The van der Waals surface area contributed by atoms with E-state index in [1.54, 1.807) is 28.7 Å². The first kappa shape index (κ1) is 17.8. The van der Waals surface area contributed by atoms with Crippen LogP contribution in [-0.2, 0) is 10.0 Å². The number of aromatic nitrogens is 2. The Morgan fingerprint density at radius 2 is 1.96 bits per heavy atom. The molecule has 3 rings (SSSR count). The molecular formula is C17H21N3O3S2. The molecule has 2 aromatic heterocycles. The number of ether oxygens (including phenoxy) is 1. The Morgan fingerprint density at radius 1 is 1.28 bits per heavy atom. The molecule has 134 valence electrons. The van der Waals surface area contributed by atoms with Crippen molar-refractivity contribution in [1.82, 2.24) is 9.38 Å². The van der Waals surface area contributed by atoms with Gasteiger partial charge in [0.15, 0.2) is 9.99 Å². The number of aryl methyl sites for hydroxylation is 1. The van der Waals surface area contributed by atoms with Crippen LogP contribution in [-0.4, -0.2) is 24.4 Å².